The Labute approximate surface area is 211 Å². The van der Waals surface area contributed by atoms with E-state index in [4.69, 9.17) is 0 Å². The predicted octanol–water partition coefficient (Wildman–Crippen LogP) is 4.00. The summed E-state index contributed by atoms with van der Waals surface area (Å²) in [4.78, 5) is 12.9. The first kappa shape index (κ1) is 27.3. The van der Waals surface area contributed by atoms with Gasteiger partial charge in [-0.1, -0.05) is 31.5 Å². The number of aryl methyl sites for hydroxylation is 1. The van der Waals surface area contributed by atoms with Crippen LogP contribution in [-0.4, -0.2) is 46.7 Å². The van der Waals surface area contributed by atoms with Gasteiger partial charge >= 0.3 is 0 Å². The third kappa shape index (κ3) is 6.10. The highest BCUT2D eigenvalue weighted by Crippen LogP contribution is 2.25. The van der Waals surface area contributed by atoms with Crippen molar-refractivity contribution in [1.29, 1.82) is 0 Å². The Morgan fingerprint density at radius 1 is 0.778 bits per heavy atom. The predicted molar refractivity (Wildman–Crippen MR) is 137 cm³/mol. The van der Waals surface area contributed by atoms with Crippen molar-refractivity contribution in [3.8, 4) is 0 Å². The minimum Gasteiger partial charge on any atom is -0.325 e. The van der Waals surface area contributed by atoms with Crippen molar-refractivity contribution in [3.63, 3.8) is 0 Å². The summed E-state index contributed by atoms with van der Waals surface area (Å²) >= 11 is 0. The average Bonchev–Trinajstić information content (AvgIpc) is 2.84. The van der Waals surface area contributed by atoms with Crippen LogP contribution >= 0.6 is 0 Å². The molecule has 0 aliphatic heterocycles. The Balaban J connectivity index is 1.85. The lowest BCUT2D eigenvalue weighted by atomic mass is 10.2. The summed E-state index contributed by atoms with van der Waals surface area (Å²) in [7, 11) is -7.80. The third-order valence-corrected chi connectivity index (χ3v) is 9.34. The van der Waals surface area contributed by atoms with Crippen molar-refractivity contribution in [2.24, 2.45) is 0 Å². The van der Waals surface area contributed by atoms with Crippen LogP contribution < -0.4 is 9.62 Å². The van der Waals surface area contributed by atoms with E-state index in [1.807, 2.05) is 6.92 Å². The summed E-state index contributed by atoms with van der Waals surface area (Å²) in [5.74, 6) is -1.20. The molecule has 0 radical (unpaired) electrons. The number of amides is 1. The first-order chi connectivity index (χ1) is 17.0. The van der Waals surface area contributed by atoms with E-state index in [0.717, 1.165) is 22.0 Å². The number of anilines is 2. The van der Waals surface area contributed by atoms with Crippen LogP contribution in [-0.2, 0) is 24.8 Å². The molecule has 3 rings (SSSR count). The zero-order chi connectivity index (χ0) is 26.5. The molecule has 1 N–H and O–H groups in total. The summed E-state index contributed by atoms with van der Waals surface area (Å²) in [5, 5.41) is 2.59. The zero-order valence-electron chi connectivity index (χ0n) is 20.2. The molecule has 0 unspecified atom stereocenters. The Morgan fingerprint density at radius 2 is 1.28 bits per heavy atom. The number of carbonyl (C=O) groups is 1. The van der Waals surface area contributed by atoms with Gasteiger partial charge in [-0.3, -0.25) is 9.10 Å². The minimum absolute atomic E-state index is 0.0174. The molecule has 8 nitrogen and oxygen atoms in total. The summed E-state index contributed by atoms with van der Waals surface area (Å²) in [6.45, 7) is 5.37. The molecule has 0 saturated heterocycles. The van der Waals surface area contributed by atoms with Crippen molar-refractivity contribution < 1.29 is 26.0 Å². The molecule has 0 aliphatic rings. The fourth-order valence-corrected chi connectivity index (χ4v) is 6.39. The van der Waals surface area contributed by atoms with E-state index in [9.17, 15) is 26.0 Å². The maximum Gasteiger partial charge on any atom is 0.264 e. The van der Waals surface area contributed by atoms with Gasteiger partial charge in [0.15, 0.2) is 0 Å². The van der Waals surface area contributed by atoms with E-state index in [0.29, 0.717) is 18.8 Å². The van der Waals surface area contributed by atoms with Crippen molar-refractivity contribution in [1.82, 2.24) is 4.31 Å². The van der Waals surface area contributed by atoms with Gasteiger partial charge in [0.05, 0.1) is 15.5 Å². The molecule has 3 aromatic carbocycles. The molecule has 3 aromatic rings. The highest BCUT2D eigenvalue weighted by Gasteiger charge is 2.27. The molecule has 0 spiro atoms. The first-order valence-electron chi connectivity index (χ1n) is 11.2. The van der Waals surface area contributed by atoms with Gasteiger partial charge in [-0.05, 0) is 67.6 Å². The van der Waals surface area contributed by atoms with Crippen LogP contribution in [0.4, 0.5) is 15.8 Å². The molecule has 0 atom stereocenters. The number of halogens is 1. The minimum atomic E-state index is -4.15. The highest BCUT2D eigenvalue weighted by molar-refractivity contribution is 7.92. The van der Waals surface area contributed by atoms with Crippen LogP contribution in [0.2, 0.25) is 0 Å². The topological polar surface area (TPSA) is 104 Å². The van der Waals surface area contributed by atoms with Crippen molar-refractivity contribution >= 4 is 37.3 Å². The SMILES string of the molecule is CCN(CC)S(=O)(=O)c1ccc(NC(=O)CN(c2ccc(F)cc2)S(=O)(=O)c2ccc(C)cc2)cc1. The molecular formula is C25H28FN3O5S2. The Hall–Kier alpha value is -3.28. The van der Waals surface area contributed by atoms with Gasteiger partial charge in [-0.15, -0.1) is 0 Å². The van der Waals surface area contributed by atoms with Crippen LogP contribution in [0.25, 0.3) is 0 Å². The van der Waals surface area contributed by atoms with E-state index < -0.39 is 38.3 Å². The molecule has 1 amide bonds. The standard InChI is InChI=1S/C25H28FN3O5S2/c1-4-28(5-2)35(31,32)23-16-10-21(11-17-23)27-25(30)18-29(22-12-8-20(26)9-13-22)36(33,34)24-14-6-19(3)7-15-24/h6-17H,4-5,18H2,1-3H3,(H,27,30). The number of sulfonamides is 2. The fraction of sp³-hybridized carbons (Fsp3) is 0.240. The number of carbonyl (C=O) groups excluding carboxylic acids is 1. The van der Waals surface area contributed by atoms with Gasteiger partial charge in [0.1, 0.15) is 12.4 Å². The second-order valence-electron chi connectivity index (χ2n) is 7.96. The summed E-state index contributed by atoms with van der Waals surface area (Å²) in [6, 6.07) is 16.6. The van der Waals surface area contributed by atoms with Crippen LogP contribution in [0.3, 0.4) is 0 Å². The fourth-order valence-electron chi connectivity index (χ4n) is 3.51. The van der Waals surface area contributed by atoms with E-state index in [2.05, 4.69) is 5.32 Å². The first-order valence-corrected chi connectivity index (χ1v) is 14.1. The van der Waals surface area contributed by atoms with E-state index >= 15 is 0 Å². The van der Waals surface area contributed by atoms with E-state index in [1.165, 1.54) is 52.8 Å². The second kappa shape index (κ2) is 11.2. The largest absolute Gasteiger partial charge is 0.325 e. The molecule has 0 heterocycles. The van der Waals surface area contributed by atoms with Gasteiger partial charge < -0.3 is 5.32 Å². The quantitative estimate of drug-likeness (QED) is 0.424. The molecule has 0 aromatic heterocycles. The molecule has 36 heavy (non-hydrogen) atoms. The number of nitrogens with one attached hydrogen (secondary N) is 1. The summed E-state index contributed by atoms with van der Waals surface area (Å²) in [5.41, 5.74) is 1.28. The normalized spacial score (nSPS) is 11.9. The molecule has 11 heteroatoms. The van der Waals surface area contributed by atoms with Crippen LogP contribution in [0.1, 0.15) is 19.4 Å². The smallest absolute Gasteiger partial charge is 0.264 e. The third-order valence-electron chi connectivity index (χ3n) is 5.49. The van der Waals surface area contributed by atoms with Gasteiger partial charge in [0.2, 0.25) is 15.9 Å². The molecule has 0 aliphatic carbocycles. The van der Waals surface area contributed by atoms with Gasteiger partial charge in [0, 0.05) is 18.8 Å². The molecule has 192 valence electrons. The highest BCUT2D eigenvalue weighted by atomic mass is 32.2. The number of hydrogen-bond donors (Lipinski definition) is 1. The number of rotatable bonds is 10. The summed E-state index contributed by atoms with van der Waals surface area (Å²) < 4.78 is 67.8. The maximum absolute atomic E-state index is 13.5. The average molecular weight is 534 g/mol. The van der Waals surface area contributed by atoms with Crippen molar-refractivity contribution in [3.05, 3.63) is 84.2 Å². The Kier molecular flexibility index (Phi) is 8.49. The maximum atomic E-state index is 13.5. The van der Waals surface area contributed by atoms with Crippen molar-refractivity contribution in [2.45, 2.75) is 30.6 Å². The van der Waals surface area contributed by atoms with Gasteiger partial charge in [-0.2, -0.15) is 4.31 Å². The van der Waals surface area contributed by atoms with Crippen LogP contribution in [0.15, 0.2) is 82.6 Å². The molecule has 0 fully saturated rings. The summed E-state index contributed by atoms with van der Waals surface area (Å²) in [6.07, 6.45) is 0. The Morgan fingerprint density at radius 3 is 1.81 bits per heavy atom. The zero-order valence-corrected chi connectivity index (χ0v) is 21.8. The molecule has 0 bridgehead atoms. The van der Waals surface area contributed by atoms with Crippen molar-refractivity contribution in [2.75, 3.05) is 29.3 Å². The molecule has 0 saturated carbocycles. The lowest BCUT2D eigenvalue weighted by Gasteiger charge is -2.24. The van der Waals surface area contributed by atoms with Crippen LogP contribution in [0, 0.1) is 12.7 Å². The second-order valence-corrected chi connectivity index (χ2v) is 11.8. The van der Waals surface area contributed by atoms with Crippen LogP contribution in [0.5, 0.6) is 0 Å². The monoisotopic (exact) mass is 533 g/mol. The lowest BCUT2D eigenvalue weighted by molar-refractivity contribution is -0.114. The van der Waals surface area contributed by atoms with Gasteiger partial charge in [0.25, 0.3) is 10.0 Å². The number of nitrogens with zero attached hydrogens (tertiary/aromatic N) is 2. The van der Waals surface area contributed by atoms with E-state index in [-0.39, 0.29) is 15.5 Å². The van der Waals surface area contributed by atoms with E-state index in [1.54, 1.807) is 26.0 Å². The molecular weight excluding hydrogens is 505 g/mol. The Bertz CT molecular complexity index is 1400. The number of benzene rings is 3. The lowest BCUT2D eigenvalue weighted by Crippen LogP contribution is -2.38. The van der Waals surface area contributed by atoms with Gasteiger partial charge in [-0.25, -0.2) is 21.2 Å². The number of hydrogen-bond acceptors (Lipinski definition) is 5.